The van der Waals surface area contributed by atoms with E-state index in [1.54, 1.807) is 16.2 Å². The van der Waals surface area contributed by atoms with Crippen molar-refractivity contribution < 1.29 is 4.79 Å². The summed E-state index contributed by atoms with van der Waals surface area (Å²) in [5.41, 5.74) is 8.69. The van der Waals surface area contributed by atoms with Crippen LogP contribution >= 0.6 is 36.2 Å². The summed E-state index contributed by atoms with van der Waals surface area (Å²) in [6, 6.07) is 15.7. The number of fused-ring (bicyclic) bond motifs is 1. The highest BCUT2D eigenvalue weighted by atomic mass is 35.5. The zero-order chi connectivity index (χ0) is 17.1. The first-order chi connectivity index (χ1) is 11.6. The lowest BCUT2D eigenvalue weighted by atomic mass is 10.1. The quantitative estimate of drug-likeness (QED) is 0.608. The molecule has 0 radical (unpaired) electrons. The normalized spacial score (nSPS) is 11.3. The van der Waals surface area contributed by atoms with Gasteiger partial charge >= 0.3 is 0 Å². The number of anilines is 1. The molecule has 2 aromatic carbocycles. The molecule has 1 amide bonds. The van der Waals surface area contributed by atoms with Crippen LogP contribution < -0.4 is 5.73 Å². The largest absolute Gasteiger partial charge is 0.399 e. The van der Waals surface area contributed by atoms with Crippen molar-refractivity contribution in [2.75, 3.05) is 12.8 Å². The number of aromatic nitrogens is 1. The van der Waals surface area contributed by atoms with Gasteiger partial charge in [-0.3, -0.25) is 4.79 Å². The molecular formula is C19H23Cl2N3OS. The van der Waals surface area contributed by atoms with Gasteiger partial charge in [-0.2, -0.15) is 0 Å². The van der Waals surface area contributed by atoms with Crippen molar-refractivity contribution in [3.05, 3.63) is 59.1 Å². The van der Waals surface area contributed by atoms with Gasteiger partial charge in [0.25, 0.3) is 0 Å². The molecule has 0 aliphatic carbocycles. The highest BCUT2D eigenvalue weighted by Gasteiger charge is 2.20. The van der Waals surface area contributed by atoms with Crippen molar-refractivity contribution in [3.63, 3.8) is 0 Å². The van der Waals surface area contributed by atoms with Crippen molar-refractivity contribution in [2.45, 2.75) is 25.8 Å². The third kappa shape index (κ3) is 4.87. The van der Waals surface area contributed by atoms with Crippen LogP contribution in [0.2, 0.25) is 0 Å². The molecule has 0 bridgehead atoms. The maximum Gasteiger partial charge on any atom is 0.223 e. The summed E-state index contributed by atoms with van der Waals surface area (Å²) in [6.45, 7) is 2.02. The number of para-hydroxylation sites is 2. The first-order valence-corrected chi connectivity index (χ1v) is 8.82. The summed E-state index contributed by atoms with van der Waals surface area (Å²) in [4.78, 5) is 18.9. The van der Waals surface area contributed by atoms with Gasteiger partial charge in [0.05, 0.1) is 16.3 Å². The minimum Gasteiger partial charge on any atom is -0.399 e. The number of thiazole rings is 1. The van der Waals surface area contributed by atoms with Crippen molar-refractivity contribution in [1.82, 2.24) is 9.88 Å². The molecule has 0 aliphatic rings. The summed E-state index contributed by atoms with van der Waals surface area (Å²) < 4.78 is 1.15. The highest BCUT2D eigenvalue weighted by molar-refractivity contribution is 7.18. The summed E-state index contributed by atoms with van der Waals surface area (Å²) in [5.74, 6) is 0.102. The van der Waals surface area contributed by atoms with E-state index in [9.17, 15) is 4.79 Å². The van der Waals surface area contributed by atoms with Crippen molar-refractivity contribution in [1.29, 1.82) is 0 Å². The van der Waals surface area contributed by atoms with Gasteiger partial charge in [0.1, 0.15) is 5.01 Å². The molecule has 0 aliphatic heterocycles. The van der Waals surface area contributed by atoms with E-state index in [0.717, 1.165) is 26.5 Å². The van der Waals surface area contributed by atoms with E-state index in [2.05, 4.69) is 11.1 Å². The lowest BCUT2D eigenvalue weighted by molar-refractivity contribution is -0.131. The number of halogens is 2. The van der Waals surface area contributed by atoms with Gasteiger partial charge in [0, 0.05) is 19.2 Å². The van der Waals surface area contributed by atoms with Crippen molar-refractivity contribution in [3.8, 4) is 0 Å². The van der Waals surface area contributed by atoms with Crippen LogP contribution in [-0.2, 0) is 11.2 Å². The average molecular weight is 412 g/mol. The molecule has 1 heterocycles. The highest BCUT2D eigenvalue weighted by Crippen LogP contribution is 2.29. The molecule has 4 nitrogen and oxygen atoms in total. The molecule has 26 heavy (non-hydrogen) atoms. The van der Waals surface area contributed by atoms with Crippen LogP contribution in [-0.4, -0.2) is 22.8 Å². The van der Waals surface area contributed by atoms with E-state index in [4.69, 9.17) is 5.73 Å². The predicted octanol–water partition coefficient (Wildman–Crippen LogP) is 4.87. The van der Waals surface area contributed by atoms with Crippen LogP contribution in [0.5, 0.6) is 0 Å². The second-order valence-corrected chi connectivity index (χ2v) is 6.96. The average Bonchev–Trinajstić information content (AvgIpc) is 3.03. The molecule has 3 aromatic rings. The number of amides is 1. The summed E-state index contributed by atoms with van der Waals surface area (Å²) in [6.07, 6.45) is 1.10. The number of nitrogens with two attached hydrogens (primary N) is 1. The zero-order valence-corrected chi connectivity index (χ0v) is 17.2. The Morgan fingerprint density at radius 3 is 2.50 bits per heavy atom. The fraction of sp³-hybridized carbons (Fsp3) is 0.263. The zero-order valence-electron chi connectivity index (χ0n) is 14.7. The van der Waals surface area contributed by atoms with Gasteiger partial charge in [-0.15, -0.1) is 36.2 Å². The SMILES string of the molecule is CC(c1nc2ccccc2s1)N(C)C(=O)CCc1ccccc1N.Cl.Cl. The van der Waals surface area contributed by atoms with Gasteiger partial charge < -0.3 is 10.6 Å². The lowest BCUT2D eigenvalue weighted by Gasteiger charge is -2.23. The van der Waals surface area contributed by atoms with E-state index in [0.29, 0.717) is 12.8 Å². The molecule has 1 unspecified atom stereocenters. The number of carbonyl (C=O) groups is 1. The Labute approximate surface area is 170 Å². The molecule has 140 valence electrons. The first kappa shape index (κ1) is 22.2. The van der Waals surface area contributed by atoms with Crippen LogP contribution in [0.15, 0.2) is 48.5 Å². The number of aryl methyl sites for hydroxylation is 1. The van der Waals surface area contributed by atoms with E-state index in [1.807, 2.05) is 56.4 Å². The molecule has 0 fully saturated rings. The van der Waals surface area contributed by atoms with Gasteiger partial charge in [-0.25, -0.2) is 4.98 Å². The molecule has 2 N–H and O–H groups in total. The van der Waals surface area contributed by atoms with Crippen LogP contribution in [0.25, 0.3) is 10.2 Å². The molecule has 1 atom stereocenters. The smallest absolute Gasteiger partial charge is 0.223 e. The van der Waals surface area contributed by atoms with Crippen LogP contribution in [0.3, 0.4) is 0 Å². The number of rotatable bonds is 5. The number of hydrogen-bond donors (Lipinski definition) is 1. The van der Waals surface area contributed by atoms with E-state index in [1.165, 1.54) is 0 Å². The molecule has 7 heteroatoms. The van der Waals surface area contributed by atoms with Gasteiger partial charge in [-0.1, -0.05) is 30.3 Å². The number of benzene rings is 2. The summed E-state index contributed by atoms with van der Waals surface area (Å²) in [7, 11) is 1.84. The topological polar surface area (TPSA) is 59.2 Å². The van der Waals surface area contributed by atoms with E-state index < -0.39 is 0 Å². The summed E-state index contributed by atoms with van der Waals surface area (Å²) >= 11 is 1.64. The second-order valence-electron chi connectivity index (χ2n) is 5.90. The molecule has 0 saturated heterocycles. The Balaban J connectivity index is 0.00000169. The molecular weight excluding hydrogens is 389 g/mol. The number of hydrogen-bond acceptors (Lipinski definition) is 4. The lowest BCUT2D eigenvalue weighted by Crippen LogP contribution is -2.29. The maximum atomic E-state index is 12.5. The molecule has 0 spiro atoms. The van der Waals surface area contributed by atoms with Crippen LogP contribution in [0.4, 0.5) is 5.69 Å². The number of nitrogens with zero attached hydrogens (tertiary/aromatic N) is 2. The fourth-order valence-corrected chi connectivity index (χ4v) is 3.69. The third-order valence-electron chi connectivity index (χ3n) is 4.31. The number of carbonyl (C=O) groups excluding carboxylic acids is 1. The Morgan fingerprint density at radius 2 is 1.81 bits per heavy atom. The van der Waals surface area contributed by atoms with Crippen molar-refractivity contribution in [2.24, 2.45) is 0 Å². The standard InChI is InChI=1S/C19H21N3OS.2ClH/c1-13(19-21-16-9-5-6-10-17(16)24-19)22(2)18(23)12-11-14-7-3-4-8-15(14)20;;/h3-10,13H,11-12,20H2,1-2H3;2*1H. The predicted molar refractivity (Wildman–Crippen MR) is 114 cm³/mol. The van der Waals surface area contributed by atoms with Crippen LogP contribution in [0.1, 0.15) is 30.0 Å². The monoisotopic (exact) mass is 411 g/mol. The Morgan fingerprint density at radius 1 is 1.15 bits per heavy atom. The second kappa shape index (κ2) is 9.76. The fourth-order valence-electron chi connectivity index (χ4n) is 2.63. The maximum absolute atomic E-state index is 12.5. The molecule has 3 rings (SSSR count). The van der Waals surface area contributed by atoms with Crippen molar-refractivity contribution >= 4 is 58.0 Å². The number of nitrogen functional groups attached to an aromatic ring is 1. The Bertz CT molecular complexity index is 836. The van der Waals surface area contributed by atoms with E-state index >= 15 is 0 Å². The molecule has 1 aromatic heterocycles. The van der Waals surface area contributed by atoms with Crippen LogP contribution in [0, 0.1) is 0 Å². The first-order valence-electron chi connectivity index (χ1n) is 8.01. The third-order valence-corrected chi connectivity index (χ3v) is 5.51. The minimum absolute atomic E-state index is 0. The van der Waals surface area contributed by atoms with E-state index in [-0.39, 0.29) is 36.8 Å². The minimum atomic E-state index is -0.0389. The van der Waals surface area contributed by atoms with Gasteiger partial charge in [-0.05, 0) is 37.1 Å². The Kier molecular flexibility index (Phi) is 8.34. The Hall–Kier alpha value is -1.82. The summed E-state index contributed by atoms with van der Waals surface area (Å²) in [5, 5.41) is 0.964. The van der Waals surface area contributed by atoms with Gasteiger partial charge in [0.15, 0.2) is 0 Å². The molecule has 0 saturated carbocycles. The van der Waals surface area contributed by atoms with Gasteiger partial charge in [0.2, 0.25) is 5.91 Å².